The average Bonchev–Trinajstić information content (AvgIpc) is 3.39. The van der Waals surface area contributed by atoms with E-state index in [1.54, 1.807) is 0 Å². The van der Waals surface area contributed by atoms with Crippen LogP contribution in [0.25, 0.3) is 11.8 Å². The first-order chi connectivity index (χ1) is 18.1. The van der Waals surface area contributed by atoms with Gasteiger partial charge >= 0.3 is 0 Å². The molecule has 0 saturated carbocycles. The van der Waals surface area contributed by atoms with Crippen LogP contribution in [0.1, 0.15) is 39.7 Å². The lowest BCUT2D eigenvalue weighted by Crippen LogP contribution is -2.48. The summed E-state index contributed by atoms with van der Waals surface area (Å²) in [6.45, 7) is 8.72. The van der Waals surface area contributed by atoms with Gasteiger partial charge in [0.15, 0.2) is 5.82 Å². The summed E-state index contributed by atoms with van der Waals surface area (Å²) in [5.74, 6) is 0.768. The van der Waals surface area contributed by atoms with Gasteiger partial charge in [0, 0.05) is 32.7 Å². The number of aryl methyl sites for hydroxylation is 2. The van der Waals surface area contributed by atoms with Gasteiger partial charge in [0.1, 0.15) is 0 Å². The van der Waals surface area contributed by atoms with Gasteiger partial charge in [-0.15, -0.1) is 5.10 Å². The molecule has 1 aliphatic rings. The summed E-state index contributed by atoms with van der Waals surface area (Å²) < 4.78 is 1.88. The smallest absolute Gasteiger partial charge is 0.178 e. The van der Waals surface area contributed by atoms with E-state index in [0.717, 1.165) is 60.9 Å². The minimum absolute atomic E-state index is 0.163. The summed E-state index contributed by atoms with van der Waals surface area (Å²) in [5, 5.41) is 22.6. The van der Waals surface area contributed by atoms with Crippen molar-refractivity contribution < 1.29 is 0 Å². The molecule has 7 heteroatoms. The van der Waals surface area contributed by atoms with Gasteiger partial charge < -0.3 is 0 Å². The molecule has 0 spiro atoms. The predicted molar refractivity (Wildman–Crippen MR) is 145 cm³/mol. The first-order valence-electron chi connectivity index (χ1n) is 12.7. The third-order valence-electron chi connectivity index (χ3n) is 6.97. The van der Waals surface area contributed by atoms with Crippen LogP contribution < -0.4 is 0 Å². The van der Waals surface area contributed by atoms with Gasteiger partial charge in [-0.3, -0.25) is 9.80 Å². The Morgan fingerprint density at radius 3 is 2.38 bits per heavy atom. The van der Waals surface area contributed by atoms with Gasteiger partial charge in [-0.25, -0.2) is 0 Å². The highest BCUT2D eigenvalue weighted by atomic mass is 15.6. The maximum absolute atomic E-state index is 9.57. The van der Waals surface area contributed by atoms with E-state index >= 15 is 0 Å². The van der Waals surface area contributed by atoms with Crippen LogP contribution >= 0.6 is 0 Å². The van der Waals surface area contributed by atoms with Crippen molar-refractivity contribution >= 4 is 6.08 Å². The number of benzene rings is 3. The second kappa shape index (κ2) is 11.3. The molecule has 1 aromatic heterocycles. The summed E-state index contributed by atoms with van der Waals surface area (Å²) in [4.78, 5) is 4.90. The monoisotopic (exact) mass is 489 g/mol. The lowest BCUT2D eigenvalue weighted by molar-refractivity contribution is 0.113. The Bertz CT molecular complexity index is 1390. The van der Waals surface area contributed by atoms with Crippen molar-refractivity contribution in [3.05, 3.63) is 113 Å². The second-order valence-electron chi connectivity index (χ2n) is 9.48. The van der Waals surface area contributed by atoms with Crippen LogP contribution in [0, 0.1) is 25.2 Å². The fourth-order valence-electron chi connectivity index (χ4n) is 5.07. The predicted octanol–water partition coefficient (Wildman–Crippen LogP) is 4.57. The van der Waals surface area contributed by atoms with E-state index in [1.807, 2.05) is 28.9 Å². The Kier molecular flexibility index (Phi) is 7.50. The SMILES string of the molecule is Cc1cccc(C)c1-n1nnnc1C(c1cccc(C#N)c1)N1CCN(C/C=C/c2ccccc2)CC1. The number of tetrazole rings is 1. The lowest BCUT2D eigenvalue weighted by atomic mass is 10.0. The van der Waals surface area contributed by atoms with Crippen molar-refractivity contribution in [3.8, 4) is 11.8 Å². The number of nitrogens with zero attached hydrogens (tertiary/aromatic N) is 7. The highest BCUT2D eigenvalue weighted by Crippen LogP contribution is 2.31. The van der Waals surface area contributed by atoms with Gasteiger partial charge in [0.05, 0.1) is 23.4 Å². The Labute approximate surface area is 218 Å². The minimum Gasteiger partial charge on any atom is -0.297 e. The Balaban J connectivity index is 1.41. The summed E-state index contributed by atoms with van der Waals surface area (Å²) in [5.41, 5.74) is 6.13. The molecule has 0 bridgehead atoms. The number of aromatic nitrogens is 4. The molecule has 0 N–H and O–H groups in total. The van der Waals surface area contributed by atoms with Crippen molar-refractivity contribution in [2.45, 2.75) is 19.9 Å². The average molecular weight is 490 g/mol. The molecular formula is C30H31N7. The van der Waals surface area contributed by atoms with Crippen LogP contribution in [0.4, 0.5) is 0 Å². The van der Waals surface area contributed by atoms with Crippen molar-refractivity contribution in [2.24, 2.45) is 0 Å². The molecule has 7 nitrogen and oxygen atoms in total. The van der Waals surface area contributed by atoms with Gasteiger partial charge in [-0.2, -0.15) is 9.94 Å². The van der Waals surface area contributed by atoms with E-state index in [0.29, 0.717) is 5.56 Å². The zero-order chi connectivity index (χ0) is 25.6. The minimum atomic E-state index is -0.163. The van der Waals surface area contributed by atoms with Crippen LogP contribution in [0.2, 0.25) is 0 Å². The van der Waals surface area contributed by atoms with Gasteiger partial charge in [-0.05, 0) is 58.7 Å². The summed E-state index contributed by atoms with van der Waals surface area (Å²) in [7, 11) is 0. The summed E-state index contributed by atoms with van der Waals surface area (Å²) in [6, 6.07) is 26.6. The van der Waals surface area contributed by atoms with E-state index in [4.69, 9.17) is 0 Å². The quantitative estimate of drug-likeness (QED) is 0.379. The number of hydrogen-bond acceptors (Lipinski definition) is 6. The first-order valence-corrected chi connectivity index (χ1v) is 12.7. The van der Waals surface area contributed by atoms with Crippen molar-refractivity contribution in [2.75, 3.05) is 32.7 Å². The number of piperazine rings is 1. The fraction of sp³-hybridized carbons (Fsp3) is 0.267. The Hall–Kier alpha value is -4.12. The normalized spacial score (nSPS) is 15.6. The third-order valence-corrected chi connectivity index (χ3v) is 6.97. The highest BCUT2D eigenvalue weighted by molar-refractivity contribution is 5.49. The molecule has 186 valence electrons. The molecule has 0 aliphatic carbocycles. The molecule has 0 radical (unpaired) electrons. The topological polar surface area (TPSA) is 73.9 Å². The number of hydrogen-bond donors (Lipinski definition) is 0. The standard InChI is InChI=1S/C30H31N7/c1-23-9-6-10-24(2)28(23)37-30(32-33-34-37)29(27-15-7-13-26(21-27)22-31)36-19-17-35(18-20-36)16-8-14-25-11-4-3-5-12-25/h3-15,21,29H,16-20H2,1-2H3/b14-8+. The zero-order valence-electron chi connectivity index (χ0n) is 21.3. The first kappa shape index (κ1) is 24.6. The number of nitriles is 1. The molecule has 1 atom stereocenters. The molecule has 37 heavy (non-hydrogen) atoms. The van der Waals surface area contributed by atoms with Crippen molar-refractivity contribution in [1.82, 2.24) is 30.0 Å². The molecule has 5 rings (SSSR count). The van der Waals surface area contributed by atoms with Crippen LogP contribution in [0.5, 0.6) is 0 Å². The van der Waals surface area contributed by atoms with Gasteiger partial charge in [0.2, 0.25) is 0 Å². The zero-order valence-corrected chi connectivity index (χ0v) is 21.3. The Morgan fingerprint density at radius 1 is 0.919 bits per heavy atom. The van der Waals surface area contributed by atoms with E-state index in [-0.39, 0.29) is 6.04 Å². The maximum Gasteiger partial charge on any atom is 0.178 e. The number of rotatable bonds is 7. The molecule has 1 aliphatic heterocycles. The molecule has 2 heterocycles. The molecule has 1 unspecified atom stereocenters. The molecular weight excluding hydrogens is 458 g/mol. The molecule has 4 aromatic rings. The lowest BCUT2D eigenvalue weighted by Gasteiger charge is -2.38. The van der Waals surface area contributed by atoms with Crippen LogP contribution in [0.3, 0.4) is 0 Å². The maximum atomic E-state index is 9.57. The molecule has 1 fully saturated rings. The second-order valence-corrected chi connectivity index (χ2v) is 9.48. The molecule has 0 amide bonds. The van der Waals surface area contributed by atoms with Crippen LogP contribution in [-0.2, 0) is 0 Å². The largest absolute Gasteiger partial charge is 0.297 e. The van der Waals surface area contributed by atoms with Gasteiger partial charge in [0.25, 0.3) is 0 Å². The molecule has 1 saturated heterocycles. The van der Waals surface area contributed by atoms with Gasteiger partial charge in [-0.1, -0.05) is 72.8 Å². The fourth-order valence-corrected chi connectivity index (χ4v) is 5.07. The van der Waals surface area contributed by atoms with E-state index in [2.05, 4.69) is 106 Å². The molecule has 3 aromatic carbocycles. The number of para-hydroxylation sites is 1. The summed E-state index contributed by atoms with van der Waals surface area (Å²) >= 11 is 0. The van der Waals surface area contributed by atoms with E-state index in [9.17, 15) is 5.26 Å². The van der Waals surface area contributed by atoms with Crippen molar-refractivity contribution in [1.29, 1.82) is 5.26 Å². The van der Waals surface area contributed by atoms with E-state index in [1.165, 1.54) is 5.56 Å². The summed E-state index contributed by atoms with van der Waals surface area (Å²) in [6.07, 6.45) is 4.42. The highest BCUT2D eigenvalue weighted by Gasteiger charge is 2.31. The third kappa shape index (κ3) is 5.51. The van der Waals surface area contributed by atoms with E-state index < -0.39 is 0 Å². The van der Waals surface area contributed by atoms with Crippen molar-refractivity contribution in [3.63, 3.8) is 0 Å². The Morgan fingerprint density at radius 2 is 1.65 bits per heavy atom. The van der Waals surface area contributed by atoms with Crippen LogP contribution in [-0.4, -0.2) is 62.7 Å². The van der Waals surface area contributed by atoms with Crippen LogP contribution in [0.15, 0.2) is 78.9 Å².